The molecule has 0 unspecified atom stereocenters. The van der Waals surface area contributed by atoms with Gasteiger partial charge in [0.25, 0.3) is 5.91 Å². The van der Waals surface area contributed by atoms with Gasteiger partial charge in [-0.25, -0.2) is 4.68 Å². The molecule has 0 aliphatic heterocycles. The third kappa shape index (κ3) is 3.06. The average molecular weight is 426 g/mol. The van der Waals surface area contributed by atoms with Crippen LogP contribution in [0, 0.1) is 13.8 Å². The van der Waals surface area contributed by atoms with Crippen LogP contribution in [0.1, 0.15) is 20.9 Å². The lowest BCUT2D eigenvalue weighted by Gasteiger charge is -2.07. The van der Waals surface area contributed by atoms with Crippen LogP contribution in [0.2, 0.25) is 0 Å². The summed E-state index contributed by atoms with van der Waals surface area (Å²) in [5, 5.41) is 8.60. The normalized spacial score (nSPS) is 11.0. The maximum Gasteiger partial charge on any atom is 0.265 e. The molecular formula is C20H16BrN3OS. The third-order valence-electron chi connectivity index (χ3n) is 4.14. The molecule has 2 heterocycles. The van der Waals surface area contributed by atoms with Gasteiger partial charge in [0, 0.05) is 9.86 Å². The summed E-state index contributed by atoms with van der Waals surface area (Å²) in [4.78, 5) is 14.4. The summed E-state index contributed by atoms with van der Waals surface area (Å²) >= 11 is 4.95. The fraction of sp³-hybridized carbons (Fsp3) is 0.100. The van der Waals surface area contributed by atoms with Crippen LogP contribution in [-0.2, 0) is 0 Å². The predicted octanol–water partition coefficient (Wildman–Crippen LogP) is 5.72. The van der Waals surface area contributed by atoms with Gasteiger partial charge in [-0.15, -0.1) is 11.3 Å². The Morgan fingerprint density at radius 3 is 2.62 bits per heavy atom. The van der Waals surface area contributed by atoms with Crippen molar-refractivity contribution in [3.8, 4) is 5.69 Å². The zero-order valence-corrected chi connectivity index (χ0v) is 16.7. The maximum atomic E-state index is 12.7. The number of anilines is 1. The SMILES string of the molecule is Cc1ccc(NC(=O)c2cc3c(C)nn(-c4ccccc4)c3s2)c(Br)c1. The van der Waals surface area contributed by atoms with E-state index < -0.39 is 0 Å². The first-order valence-corrected chi connectivity index (χ1v) is 9.76. The minimum absolute atomic E-state index is 0.116. The van der Waals surface area contributed by atoms with Crippen LogP contribution >= 0.6 is 27.3 Å². The molecule has 0 radical (unpaired) electrons. The number of amides is 1. The number of fused-ring (bicyclic) bond motifs is 1. The fourth-order valence-electron chi connectivity index (χ4n) is 2.81. The van der Waals surface area contributed by atoms with E-state index in [2.05, 4.69) is 26.3 Å². The van der Waals surface area contributed by atoms with E-state index >= 15 is 0 Å². The average Bonchev–Trinajstić information content (AvgIpc) is 3.19. The van der Waals surface area contributed by atoms with Crippen molar-refractivity contribution in [2.75, 3.05) is 5.32 Å². The molecule has 0 atom stereocenters. The Morgan fingerprint density at radius 2 is 1.88 bits per heavy atom. The van der Waals surface area contributed by atoms with E-state index in [0.29, 0.717) is 4.88 Å². The summed E-state index contributed by atoms with van der Waals surface area (Å²) in [6.07, 6.45) is 0. The minimum atomic E-state index is -0.116. The molecule has 4 rings (SSSR count). The highest BCUT2D eigenvalue weighted by Gasteiger charge is 2.17. The van der Waals surface area contributed by atoms with Crippen molar-refractivity contribution in [3.05, 3.63) is 75.2 Å². The molecule has 0 aliphatic carbocycles. The van der Waals surface area contributed by atoms with Crippen molar-refractivity contribution in [2.45, 2.75) is 13.8 Å². The number of rotatable bonds is 3. The Morgan fingerprint density at radius 1 is 1.12 bits per heavy atom. The first kappa shape index (κ1) is 17.0. The van der Waals surface area contributed by atoms with Crippen molar-refractivity contribution in [3.63, 3.8) is 0 Å². The Hall–Kier alpha value is -2.44. The zero-order chi connectivity index (χ0) is 18.3. The number of aryl methyl sites for hydroxylation is 2. The largest absolute Gasteiger partial charge is 0.320 e. The van der Waals surface area contributed by atoms with Crippen LogP contribution in [0.5, 0.6) is 0 Å². The van der Waals surface area contributed by atoms with E-state index in [4.69, 9.17) is 0 Å². The molecule has 0 saturated carbocycles. The second-order valence-corrected chi connectivity index (χ2v) is 7.98. The lowest BCUT2D eigenvalue weighted by molar-refractivity contribution is 0.103. The fourth-order valence-corrected chi connectivity index (χ4v) is 4.48. The summed E-state index contributed by atoms with van der Waals surface area (Å²) in [5.74, 6) is -0.116. The molecule has 6 heteroatoms. The monoisotopic (exact) mass is 425 g/mol. The topological polar surface area (TPSA) is 46.9 Å². The number of benzene rings is 2. The molecule has 0 saturated heterocycles. The van der Waals surface area contributed by atoms with Gasteiger partial charge >= 0.3 is 0 Å². The number of carbonyl (C=O) groups excluding carboxylic acids is 1. The summed E-state index contributed by atoms with van der Waals surface area (Å²) in [5.41, 5.74) is 3.80. The van der Waals surface area contributed by atoms with E-state index in [9.17, 15) is 4.79 Å². The van der Waals surface area contributed by atoms with E-state index in [1.807, 2.05) is 73.1 Å². The summed E-state index contributed by atoms with van der Waals surface area (Å²) < 4.78 is 2.77. The van der Waals surface area contributed by atoms with Crippen LogP contribution in [0.15, 0.2) is 59.1 Å². The minimum Gasteiger partial charge on any atom is -0.320 e. The second-order valence-electron chi connectivity index (χ2n) is 6.10. The number of halogens is 1. The molecule has 0 spiro atoms. The Bertz CT molecular complexity index is 1120. The van der Waals surface area contributed by atoms with Crippen molar-refractivity contribution >= 4 is 49.1 Å². The quantitative estimate of drug-likeness (QED) is 0.456. The van der Waals surface area contributed by atoms with Gasteiger partial charge in [-0.1, -0.05) is 24.3 Å². The number of nitrogens with one attached hydrogen (secondary N) is 1. The van der Waals surface area contributed by atoms with Crippen LogP contribution < -0.4 is 5.32 Å². The van der Waals surface area contributed by atoms with Gasteiger partial charge in [0.2, 0.25) is 0 Å². The molecular weight excluding hydrogens is 410 g/mol. The lowest BCUT2D eigenvalue weighted by atomic mass is 10.2. The molecule has 0 bridgehead atoms. The van der Waals surface area contributed by atoms with E-state index in [1.54, 1.807) is 0 Å². The highest BCUT2D eigenvalue weighted by atomic mass is 79.9. The Labute approximate surface area is 163 Å². The van der Waals surface area contributed by atoms with Gasteiger partial charge in [-0.2, -0.15) is 5.10 Å². The van der Waals surface area contributed by atoms with Gasteiger partial charge in [-0.05, 0) is 65.7 Å². The van der Waals surface area contributed by atoms with E-state index in [1.165, 1.54) is 11.3 Å². The van der Waals surface area contributed by atoms with Gasteiger partial charge in [0.1, 0.15) is 4.83 Å². The number of para-hydroxylation sites is 1. The van der Waals surface area contributed by atoms with E-state index in [0.717, 1.165) is 37.3 Å². The van der Waals surface area contributed by atoms with Crippen molar-refractivity contribution in [2.24, 2.45) is 0 Å². The molecule has 2 aromatic heterocycles. The predicted molar refractivity (Wildman–Crippen MR) is 111 cm³/mol. The molecule has 26 heavy (non-hydrogen) atoms. The molecule has 2 aromatic carbocycles. The molecule has 130 valence electrons. The second kappa shape index (κ2) is 6.70. The van der Waals surface area contributed by atoms with Crippen molar-refractivity contribution < 1.29 is 4.79 Å². The first-order chi connectivity index (χ1) is 12.5. The number of hydrogen-bond acceptors (Lipinski definition) is 3. The Kier molecular flexibility index (Phi) is 4.38. The molecule has 0 aliphatic rings. The van der Waals surface area contributed by atoms with Gasteiger partial charge in [-0.3, -0.25) is 4.79 Å². The molecule has 1 N–H and O–H groups in total. The summed E-state index contributed by atoms with van der Waals surface area (Å²) in [6.45, 7) is 3.98. The number of aromatic nitrogens is 2. The van der Waals surface area contributed by atoms with Gasteiger partial charge < -0.3 is 5.32 Å². The molecule has 4 nitrogen and oxygen atoms in total. The van der Waals surface area contributed by atoms with Crippen LogP contribution in [-0.4, -0.2) is 15.7 Å². The van der Waals surface area contributed by atoms with Crippen LogP contribution in [0.3, 0.4) is 0 Å². The Balaban J connectivity index is 1.70. The summed E-state index contributed by atoms with van der Waals surface area (Å²) in [6, 6.07) is 17.7. The van der Waals surface area contributed by atoms with Crippen molar-refractivity contribution in [1.82, 2.24) is 9.78 Å². The molecule has 0 fully saturated rings. The van der Waals surface area contributed by atoms with Gasteiger partial charge in [0.05, 0.1) is 21.9 Å². The number of carbonyl (C=O) groups is 1. The third-order valence-corrected chi connectivity index (χ3v) is 5.91. The smallest absolute Gasteiger partial charge is 0.265 e. The molecule has 4 aromatic rings. The van der Waals surface area contributed by atoms with Crippen LogP contribution in [0.25, 0.3) is 15.9 Å². The number of hydrogen-bond donors (Lipinski definition) is 1. The van der Waals surface area contributed by atoms with Gasteiger partial charge in [0.15, 0.2) is 0 Å². The lowest BCUT2D eigenvalue weighted by Crippen LogP contribution is -2.10. The highest BCUT2D eigenvalue weighted by molar-refractivity contribution is 9.10. The molecule has 1 amide bonds. The van der Waals surface area contributed by atoms with Crippen molar-refractivity contribution in [1.29, 1.82) is 0 Å². The van der Waals surface area contributed by atoms with Crippen LogP contribution in [0.4, 0.5) is 5.69 Å². The number of nitrogens with zero attached hydrogens (tertiary/aromatic N) is 2. The highest BCUT2D eigenvalue weighted by Crippen LogP contribution is 2.31. The van der Waals surface area contributed by atoms with E-state index in [-0.39, 0.29) is 5.91 Å². The standard InChI is InChI=1S/C20H16BrN3OS/c1-12-8-9-17(16(21)10-12)22-19(25)18-11-15-13(2)23-24(20(15)26-18)14-6-4-3-5-7-14/h3-11H,1-2H3,(H,22,25). The summed E-state index contributed by atoms with van der Waals surface area (Å²) in [7, 11) is 0. The first-order valence-electron chi connectivity index (χ1n) is 8.15. The zero-order valence-electron chi connectivity index (χ0n) is 14.3. The maximum absolute atomic E-state index is 12.7. The number of thiophene rings is 1.